The van der Waals surface area contributed by atoms with Gasteiger partial charge in [-0.05, 0) is 48.4 Å². The number of hydrogen-bond donors (Lipinski definition) is 1. The lowest BCUT2D eigenvalue weighted by Crippen LogP contribution is -2.29. The van der Waals surface area contributed by atoms with Gasteiger partial charge in [-0.2, -0.15) is 0 Å². The maximum atomic E-state index is 13.3. The van der Waals surface area contributed by atoms with Crippen LogP contribution in [0.2, 0.25) is 0 Å². The fourth-order valence-electron chi connectivity index (χ4n) is 3.95. The van der Waals surface area contributed by atoms with Gasteiger partial charge in [-0.1, -0.05) is 24.3 Å². The van der Waals surface area contributed by atoms with Gasteiger partial charge in [-0.3, -0.25) is 19.5 Å². The van der Waals surface area contributed by atoms with Gasteiger partial charge in [-0.25, -0.2) is 0 Å². The molecule has 162 valence electrons. The van der Waals surface area contributed by atoms with Crippen molar-refractivity contribution in [3.05, 3.63) is 89.3 Å². The van der Waals surface area contributed by atoms with Crippen LogP contribution in [-0.4, -0.2) is 36.0 Å². The van der Waals surface area contributed by atoms with Gasteiger partial charge in [0.1, 0.15) is 22.8 Å². The van der Waals surface area contributed by atoms with Crippen molar-refractivity contribution in [1.29, 1.82) is 0 Å². The van der Waals surface area contributed by atoms with Crippen molar-refractivity contribution in [3.8, 4) is 11.5 Å². The van der Waals surface area contributed by atoms with Crippen LogP contribution in [0.1, 0.15) is 22.7 Å². The molecular formula is C25H22N2O5. The van der Waals surface area contributed by atoms with Gasteiger partial charge in [0.2, 0.25) is 0 Å². The number of amides is 1. The van der Waals surface area contributed by atoms with E-state index in [1.807, 2.05) is 25.1 Å². The molecule has 0 bridgehead atoms. The number of rotatable bonds is 5. The molecule has 1 N–H and O–H groups in total. The van der Waals surface area contributed by atoms with Crippen molar-refractivity contribution in [3.63, 3.8) is 0 Å². The van der Waals surface area contributed by atoms with Crippen molar-refractivity contribution in [1.82, 2.24) is 4.98 Å². The molecular weight excluding hydrogens is 408 g/mol. The molecule has 1 amide bonds. The molecule has 1 unspecified atom stereocenters. The van der Waals surface area contributed by atoms with Crippen LogP contribution in [0.5, 0.6) is 11.5 Å². The molecule has 2 aromatic carbocycles. The minimum atomic E-state index is -0.875. The van der Waals surface area contributed by atoms with E-state index in [1.54, 1.807) is 48.8 Å². The number of Topliss-reactive ketones (excluding diaryl/α,β-unsaturated/α-hetero) is 1. The second kappa shape index (κ2) is 8.55. The Morgan fingerprint density at radius 1 is 1.00 bits per heavy atom. The molecule has 7 nitrogen and oxygen atoms in total. The number of aryl methyl sites for hydroxylation is 1. The molecule has 4 rings (SSSR count). The molecule has 7 heteroatoms. The second-order valence-electron chi connectivity index (χ2n) is 7.33. The molecule has 1 fully saturated rings. The highest BCUT2D eigenvalue weighted by atomic mass is 16.5. The van der Waals surface area contributed by atoms with Gasteiger partial charge in [0, 0.05) is 18.1 Å². The monoisotopic (exact) mass is 430 g/mol. The molecule has 3 aromatic rings. The Morgan fingerprint density at radius 3 is 2.28 bits per heavy atom. The number of pyridine rings is 1. The Hall–Kier alpha value is -4.13. The second-order valence-corrected chi connectivity index (χ2v) is 7.33. The van der Waals surface area contributed by atoms with E-state index in [9.17, 15) is 14.7 Å². The van der Waals surface area contributed by atoms with Gasteiger partial charge >= 0.3 is 0 Å². The van der Waals surface area contributed by atoms with Gasteiger partial charge in [-0.15, -0.1) is 0 Å². The average molecular weight is 430 g/mol. The van der Waals surface area contributed by atoms with Crippen molar-refractivity contribution in [2.45, 2.75) is 13.0 Å². The summed E-state index contributed by atoms with van der Waals surface area (Å²) in [6.07, 6.45) is 3.18. The maximum Gasteiger partial charge on any atom is 0.300 e. The zero-order chi connectivity index (χ0) is 22.8. The third-order valence-electron chi connectivity index (χ3n) is 5.39. The van der Waals surface area contributed by atoms with Gasteiger partial charge in [0.15, 0.2) is 0 Å². The third kappa shape index (κ3) is 3.47. The number of carbonyl (C=O) groups excluding carboxylic acids is 2. The number of carbonyl (C=O) groups is 2. The lowest BCUT2D eigenvalue weighted by molar-refractivity contribution is -0.132. The number of aromatic nitrogens is 1. The molecule has 0 radical (unpaired) electrons. The van der Waals surface area contributed by atoms with Gasteiger partial charge in [0.25, 0.3) is 11.7 Å². The van der Waals surface area contributed by atoms with Crippen LogP contribution in [0.25, 0.3) is 5.76 Å². The lowest BCUT2D eigenvalue weighted by atomic mass is 9.95. The number of methoxy groups -OCH3 is 2. The predicted octanol–water partition coefficient (Wildman–Crippen LogP) is 4.03. The van der Waals surface area contributed by atoms with E-state index >= 15 is 0 Å². The summed E-state index contributed by atoms with van der Waals surface area (Å²) in [4.78, 5) is 32.0. The molecule has 32 heavy (non-hydrogen) atoms. The Balaban J connectivity index is 2.01. The van der Waals surface area contributed by atoms with Crippen LogP contribution in [-0.2, 0) is 9.59 Å². The van der Waals surface area contributed by atoms with Crippen LogP contribution < -0.4 is 14.4 Å². The number of benzene rings is 2. The molecule has 1 aliphatic heterocycles. The Labute approximate surface area is 185 Å². The van der Waals surface area contributed by atoms with Crippen molar-refractivity contribution in [2.24, 2.45) is 0 Å². The highest BCUT2D eigenvalue weighted by Gasteiger charge is 2.47. The number of ketones is 1. The number of aliphatic hydroxyl groups is 1. The molecule has 0 saturated carbocycles. The van der Waals surface area contributed by atoms with E-state index in [1.165, 1.54) is 19.1 Å². The fraction of sp³-hybridized carbons (Fsp3) is 0.160. The molecule has 1 atom stereocenters. The molecule has 1 aromatic heterocycles. The predicted molar refractivity (Wildman–Crippen MR) is 120 cm³/mol. The summed E-state index contributed by atoms with van der Waals surface area (Å²) in [7, 11) is 2.91. The standard InChI is InChI=1S/C25H22N2O5/c1-15-7-4-9-17(13-15)27-22(16-8-6-12-26-14-16)21(24(29)25(27)30)23(28)20-18(31-2)10-5-11-19(20)32-3/h4-14,22,28H,1-3H3/b23-21+. The summed E-state index contributed by atoms with van der Waals surface area (Å²) < 4.78 is 10.8. The summed E-state index contributed by atoms with van der Waals surface area (Å²) in [5, 5.41) is 11.4. The van der Waals surface area contributed by atoms with Crippen LogP contribution in [0.4, 0.5) is 5.69 Å². The first-order chi connectivity index (χ1) is 15.5. The first-order valence-electron chi connectivity index (χ1n) is 9.97. The van der Waals surface area contributed by atoms with Crippen LogP contribution in [0, 0.1) is 6.92 Å². The molecule has 0 aliphatic carbocycles. The van der Waals surface area contributed by atoms with E-state index in [2.05, 4.69) is 4.98 Å². The van der Waals surface area contributed by atoms with Crippen molar-refractivity contribution < 1.29 is 24.2 Å². The van der Waals surface area contributed by atoms with Crippen LogP contribution >= 0.6 is 0 Å². The number of anilines is 1. The summed E-state index contributed by atoms with van der Waals surface area (Å²) in [6.45, 7) is 1.90. The Kier molecular flexibility index (Phi) is 5.64. The summed E-state index contributed by atoms with van der Waals surface area (Å²) in [5.41, 5.74) is 2.21. The summed E-state index contributed by atoms with van der Waals surface area (Å²) >= 11 is 0. The quantitative estimate of drug-likeness (QED) is 0.373. The van der Waals surface area contributed by atoms with E-state index in [0.29, 0.717) is 22.7 Å². The van der Waals surface area contributed by atoms with Crippen LogP contribution in [0.3, 0.4) is 0 Å². The Morgan fingerprint density at radius 2 is 1.69 bits per heavy atom. The number of ether oxygens (including phenoxy) is 2. The minimum absolute atomic E-state index is 0.0627. The van der Waals surface area contributed by atoms with E-state index < -0.39 is 17.7 Å². The maximum absolute atomic E-state index is 13.3. The van der Waals surface area contributed by atoms with E-state index in [4.69, 9.17) is 9.47 Å². The summed E-state index contributed by atoms with van der Waals surface area (Å²) in [6, 6.07) is 14.9. The smallest absolute Gasteiger partial charge is 0.300 e. The highest BCUT2D eigenvalue weighted by Crippen LogP contribution is 2.44. The van der Waals surface area contributed by atoms with E-state index in [-0.39, 0.29) is 16.9 Å². The largest absolute Gasteiger partial charge is 0.506 e. The van der Waals surface area contributed by atoms with E-state index in [0.717, 1.165) is 5.56 Å². The highest BCUT2D eigenvalue weighted by molar-refractivity contribution is 6.51. The first-order valence-corrected chi connectivity index (χ1v) is 9.97. The zero-order valence-electron chi connectivity index (χ0n) is 17.9. The normalized spacial score (nSPS) is 17.5. The van der Waals surface area contributed by atoms with Crippen molar-refractivity contribution in [2.75, 3.05) is 19.1 Å². The number of nitrogens with zero attached hydrogens (tertiary/aromatic N) is 2. The lowest BCUT2D eigenvalue weighted by Gasteiger charge is -2.25. The SMILES string of the molecule is COc1cccc(OC)c1/C(O)=C1\C(=O)C(=O)N(c2cccc(C)c2)C1c1cccnc1. The third-order valence-corrected chi connectivity index (χ3v) is 5.39. The zero-order valence-corrected chi connectivity index (χ0v) is 17.9. The average Bonchev–Trinajstić information content (AvgIpc) is 3.09. The van der Waals surface area contributed by atoms with Crippen LogP contribution in [0.15, 0.2) is 72.6 Å². The molecule has 0 spiro atoms. The molecule has 2 heterocycles. The summed E-state index contributed by atoms with van der Waals surface area (Å²) in [5.74, 6) is -1.28. The Bertz CT molecular complexity index is 1200. The molecule has 1 saturated heterocycles. The molecule has 1 aliphatic rings. The van der Waals surface area contributed by atoms with Gasteiger partial charge in [0.05, 0.1) is 25.8 Å². The number of aliphatic hydroxyl groups excluding tert-OH is 1. The van der Waals surface area contributed by atoms with Crippen molar-refractivity contribution >= 4 is 23.1 Å². The number of hydrogen-bond acceptors (Lipinski definition) is 6. The minimum Gasteiger partial charge on any atom is -0.506 e. The topological polar surface area (TPSA) is 89.0 Å². The van der Waals surface area contributed by atoms with Gasteiger partial charge < -0.3 is 14.6 Å². The first kappa shape index (κ1) is 21.1. The fourth-order valence-corrected chi connectivity index (χ4v) is 3.95.